The zero-order valence-corrected chi connectivity index (χ0v) is 24.2. The van der Waals surface area contributed by atoms with Crippen molar-refractivity contribution in [2.24, 2.45) is 0 Å². The third kappa shape index (κ3) is 4.88. The number of aromatic nitrogens is 3. The van der Waals surface area contributed by atoms with Gasteiger partial charge in [-0.1, -0.05) is 12.6 Å². The molecule has 214 valence electrons. The van der Waals surface area contributed by atoms with Crippen molar-refractivity contribution in [2.45, 2.75) is 51.7 Å². The van der Waals surface area contributed by atoms with Crippen LogP contribution >= 0.6 is 0 Å². The van der Waals surface area contributed by atoms with E-state index >= 15 is 0 Å². The van der Waals surface area contributed by atoms with Gasteiger partial charge in [-0.15, -0.1) is 0 Å². The summed E-state index contributed by atoms with van der Waals surface area (Å²) in [5, 5.41) is 19.0. The van der Waals surface area contributed by atoms with Crippen molar-refractivity contribution in [3.63, 3.8) is 0 Å². The van der Waals surface area contributed by atoms with Gasteiger partial charge in [0.1, 0.15) is 18.2 Å². The fraction of sp³-hybridized carbons (Fsp3) is 0.484. The summed E-state index contributed by atoms with van der Waals surface area (Å²) in [6.45, 7) is 12.7. The van der Waals surface area contributed by atoms with Gasteiger partial charge in [0.25, 0.3) is 0 Å². The Kier molecular flexibility index (Phi) is 7.30. The highest BCUT2D eigenvalue weighted by molar-refractivity contribution is 5.93. The van der Waals surface area contributed by atoms with Gasteiger partial charge < -0.3 is 24.3 Å². The summed E-state index contributed by atoms with van der Waals surface area (Å²) in [6, 6.07) is 6.96. The van der Waals surface area contributed by atoms with E-state index in [2.05, 4.69) is 70.6 Å². The van der Waals surface area contributed by atoms with Gasteiger partial charge in [-0.3, -0.25) is 9.89 Å². The highest BCUT2D eigenvalue weighted by Gasteiger charge is 2.34. The minimum atomic E-state index is -0.0569. The topological polar surface area (TPSA) is 105 Å². The maximum Gasteiger partial charge on any atom is 0.246 e. The number of benzene rings is 1. The first kappa shape index (κ1) is 27.1. The summed E-state index contributed by atoms with van der Waals surface area (Å²) in [4.78, 5) is 26.3. The van der Waals surface area contributed by atoms with Gasteiger partial charge in [-0.05, 0) is 64.4 Å². The Morgan fingerprint density at radius 1 is 1.24 bits per heavy atom. The quantitative estimate of drug-likeness (QED) is 0.463. The molecule has 1 amide bonds. The number of aryl methyl sites for hydroxylation is 1. The first-order chi connectivity index (χ1) is 19.9. The lowest BCUT2D eigenvalue weighted by Crippen LogP contribution is -2.54. The standard InChI is InChI=1S/C31H38N8O2/c1-5-28(40)39-14-13-38(17-21(39)3)30-23-10-12-37(29-20(2)8-9-26-25(29)16-33-35-26)18-27(23)34-31(24(30)15-32)41-19-22-7-6-11-36(22)4/h5,8-9,16,21-22H,1,6-7,10-14,17-19H2,2-4H3,(H,33,35)/t21-,22-/m0/s1. The van der Waals surface area contributed by atoms with E-state index in [1.54, 1.807) is 0 Å². The minimum absolute atomic E-state index is 0.0115. The number of hydrogen-bond acceptors (Lipinski definition) is 8. The van der Waals surface area contributed by atoms with Gasteiger partial charge in [-0.2, -0.15) is 10.4 Å². The van der Waals surface area contributed by atoms with E-state index in [9.17, 15) is 10.1 Å². The normalized spacial score (nSPS) is 21.2. The van der Waals surface area contributed by atoms with Gasteiger partial charge in [0.05, 0.1) is 35.3 Å². The lowest BCUT2D eigenvalue weighted by molar-refractivity contribution is -0.128. The molecule has 41 heavy (non-hydrogen) atoms. The molecule has 2 aromatic heterocycles. The molecule has 0 radical (unpaired) electrons. The van der Waals surface area contributed by atoms with Crippen LogP contribution in [0.3, 0.4) is 0 Å². The molecule has 2 saturated heterocycles. The summed E-state index contributed by atoms with van der Waals surface area (Å²) >= 11 is 0. The minimum Gasteiger partial charge on any atom is -0.475 e. The number of likely N-dealkylation sites (tertiary alicyclic amines) is 1. The number of aromatic amines is 1. The molecule has 2 atom stereocenters. The van der Waals surface area contributed by atoms with Crippen molar-refractivity contribution in [2.75, 3.05) is 56.2 Å². The first-order valence-corrected chi connectivity index (χ1v) is 14.5. The number of amides is 1. The van der Waals surface area contributed by atoms with Crippen molar-refractivity contribution >= 4 is 28.2 Å². The molecule has 0 spiro atoms. The monoisotopic (exact) mass is 554 g/mol. The number of carbonyl (C=O) groups is 1. The zero-order chi connectivity index (χ0) is 28.7. The molecule has 0 unspecified atom stereocenters. The number of fused-ring (bicyclic) bond motifs is 2. The number of nitriles is 1. The zero-order valence-electron chi connectivity index (χ0n) is 24.2. The molecule has 5 heterocycles. The molecule has 10 heteroatoms. The highest BCUT2D eigenvalue weighted by atomic mass is 16.5. The molecular weight excluding hydrogens is 516 g/mol. The number of hydrogen-bond donors (Lipinski definition) is 1. The van der Waals surface area contributed by atoms with E-state index in [0.717, 1.165) is 65.9 Å². The average molecular weight is 555 g/mol. The van der Waals surface area contributed by atoms with Crippen LogP contribution in [-0.4, -0.2) is 89.4 Å². The average Bonchev–Trinajstić information content (AvgIpc) is 3.62. The molecule has 0 saturated carbocycles. The van der Waals surface area contributed by atoms with Crippen LogP contribution in [0.4, 0.5) is 11.4 Å². The maximum atomic E-state index is 12.4. The number of nitrogens with one attached hydrogen (secondary N) is 1. The van der Waals surface area contributed by atoms with E-state index in [1.807, 2.05) is 11.1 Å². The van der Waals surface area contributed by atoms with Crippen molar-refractivity contribution in [1.29, 1.82) is 5.26 Å². The second-order valence-electron chi connectivity index (χ2n) is 11.5. The van der Waals surface area contributed by atoms with Crippen LogP contribution < -0.4 is 14.5 Å². The molecule has 1 N–H and O–H groups in total. The van der Waals surface area contributed by atoms with Gasteiger partial charge in [0, 0.05) is 49.2 Å². The van der Waals surface area contributed by atoms with Gasteiger partial charge in [0.2, 0.25) is 11.8 Å². The summed E-state index contributed by atoms with van der Waals surface area (Å²) in [5.74, 6) is 0.359. The predicted molar refractivity (Wildman–Crippen MR) is 159 cm³/mol. The molecule has 0 aliphatic carbocycles. The third-order valence-corrected chi connectivity index (χ3v) is 9.00. The van der Waals surface area contributed by atoms with Crippen LogP contribution in [0.25, 0.3) is 10.9 Å². The lowest BCUT2D eigenvalue weighted by Gasteiger charge is -2.42. The van der Waals surface area contributed by atoms with Crippen LogP contribution in [0.2, 0.25) is 0 Å². The number of ether oxygens (including phenoxy) is 1. The van der Waals surface area contributed by atoms with E-state index in [1.165, 1.54) is 11.6 Å². The van der Waals surface area contributed by atoms with E-state index < -0.39 is 0 Å². The number of H-pyrrole nitrogens is 1. The molecule has 2 fully saturated rings. The number of carbonyl (C=O) groups excluding carboxylic acids is 1. The van der Waals surface area contributed by atoms with Crippen LogP contribution in [0.5, 0.6) is 5.88 Å². The van der Waals surface area contributed by atoms with Crippen molar-refractivity contribution in [3.8, 4) is 11.9 Å². The van der Waals surface area contributed by atoms with Crippen molar-refractivity contribution in [1.82, 2.24) is 25.0 Å². The maximum absolute atomic E-state index is 12.4. The second kappa shape index (κ2) is 11.1. The molecule has 10 nitrogen and oxygen atoms in total. The Hall–Kier alpha value is -4.10. The van der Waals surface area contributed by atoms with Gasteiger partial charge in [0.15, 0.2) is 0 Å². The number of pyridine rings is 1. The summed E-state index contributed by atoms with van der Waals surface area (Å²) in [7, 11) is 2.13. The second-order valence-corrected chi connectivity index (χ2v) is 11.5. The fourth-order valence-electron chi connectivity index (χ4n) is 6.78. The Bertz CT molecular complexity index is 1520. The smallest absolute Gasteiger partial charge is 0.246 e. The van der Waals surface area contributed by atoms with E-state index in [4.69, 9.17) is 9.72 Å². The Morgan fingerprint density at radius 2 is 2.10 bits per heavy atom. The number of nitrogens with zero attached hydrogens (tertiary/aromatic N) is 7. The lowest BCUT2D eigenvalue weighted by atomic mass is 9.96. The molecule has 6 rings (SSSR count). The molecule has 0 bridgehead atoms. The molecular formula is C31H38N8O2. The van der Waals surface area contributed by atoms with Crippen LogP contribution in [0.1, 0.15) is 42.1 Å². The number of anilines is 2. The van der Waals surface area contributed by atoms with E-state index in [-0.39, 0.29) is 11.9 Å². The van der Waals surface area contributed by atoms with Crippen LogP contribution in [-0.2, 0) is 17.8 Å². The first-order valence-electron chi connectivity index (χ1n) is 14.5. The highest BCUT2D eigenvalue weighted by Crippen LogP contribution is 2.40. The molecule has 1 aromatic carbocycles. The van der Waals surface area contributed by atoms with Crippen molar-refractivity contribution in [3.05, 3.63) is 53.4 Å². The summed E-state index contributed by atoms with van der Waals surface area (Å²) < 4.78 is 6.39. The molecule has 3 aliphatic rings. The SMILES string of the molecule is C=CC(=O)N1CCN(c2c(C#N)c(OC[C@@H]3CCCN3C)nc3c2CCN(c2c(C)ccc4[nH]ncc24)C3)C[C@@H]1C. The summed E-state index contributed by atoms with van der Waals surface area (Å²) in [6.07, 6.45) is 6.26. The molecule has 3 aromatic rings. The third-order valence-electron chi connectivity index (χ3n) is 9.00. The Balaban J connectivity index is 1.39. The Labute approximate surface area is 241 Å². The van der Waals surface area contributed by atoms with Gasteiger partial charge >= 0.3 is 0 Å². The van der Waals surface area contributed by atoms with Gasteiger partial charge in [-0.25, -0.2) is 4.98 Å². The summed E-state index contributed by atoms with van der Waals surface area (Å²) in [5.41, 5.74) is 6.83. The fourth-order valence-corrected chi connectivity index (χ4v) is 6.78. The van der Waals surface area contributed by atoms with Crippen LogP contribution in [0.15, 0.2) is 31.0 Å². The number of piperazine rings is 1. The number of rotatable bonds is 6. The largest absolute Gasteiger partial charge is 0.475 e. The number of likely N-dealkylation sites (N-methyl/N-ethyl adjacent to an activating group) is 1. The van der Waals surface area contributed by atoms with Crippen molar-refractivity contribution < 1.29 is 9.53 Å². The Morgan fingerprint density at radius 3 is 2.83 bits per heavy atom. The van der Waals surface area contributed by atoms with E-state index in [0.29, 0.717) is 50.3 Å². The van der Waals surface area contributed by atoms with Crippen LogP contribution in [0, 0.1) is 18.3 Å². The predicted octanol–water partition coefficient (Wildman–Crippen LogP) is 3.40. The molecule has 3 aliphatic heterocycles.